The lowest BCUT2D eigenvalue weighted by atomic mass is 9.72. The highest BCUT2D eigenvalue weighted by Crippen LogP contribution is 2.42. The van der Waals surface area contributed by atoms with E-state index in [1.54, 1.807) is 0 Å². The van der Waals surface area contributed by atoms with Crippen LogP contribution in [0.5, 0.6) is 0 Å². The smallest absolute Gasteiger partial charge is 0.153 e. The van der Waals surface area contributed by atoms with Crippen LogP contribution in [0.25, 0.3) is 0 Å². The number of anilines is 1. The first-order valence-corrected chi connectivity index (χ1v) is 8.63. The van der Waals surface area contributed by atoms with Gasteiger partial charge in [0, 0.05) is 30.5 Å². The van der Waals surface area contributed by atoms with E-state index in [0.717, 1.165) is 55.9 Å². The highest BCUT2D eigenvalue weighted by atomic mass is 16.5. The number of ether oxygens (including phenoxy) is 1. The van der Waals surface area contributed by atoms with Crippen molar-refractivity contribution in [3.8, 4) is 0 Å². The van der Waals surface area contributed by atoms with E-state index in [0.29, 0.717) is 17.6 Å². The van der Waals surface area contributed by atoms with Gasteiger partial charge >= 0.3 is 0 Å². The van der Waals surface area contributed by atoms with Gasteiger partial charge < -0.3 is 9.64 Å². The summed E-state index contributed by atoms with van der Waals surface area (Å²) >= 11 is 0. The Morgan fingerprint density at radius 2 is 2.26 bits per heavy atom. The van der Waals surface area contributed by atoms with Crippen LogP contribution < -0.4 is 4.90 Å². The molecule has 1 aromatic rings. The highest BCUT2D eigenvalue weighted by Gasteiger charge is 2.42. The summed E-state index contributed by atoms with van der Waals surface area (Å²) in [6.45, 7) is 9.38. The molecule has 1 saturated heterocycles. The fourth-order valence-electron chi connectivity index (χ4n) is 3.93. The first-order chi connectivity index (χ1) is 11.2. The normalized spacial score (nSPS) is 18.9. The molecule has 3 rings (SSSR count). The molecule has 0 N–H and O–H groups in total. The number of carbonyl (C=O) groups is 1. The van der Waals surface area contributed by atoms with E-state index in [9.17, 15) is 4.79 Å². The molecule has 0 saturated carbocycles. The second-order valence-electron chi connectivity index (χ2n) is 6.86. The van der Waals surface area contributed by atoms with Crippen LogP contribution in [0, 0.1) is 5.41 Å². The van der Waals surface area contributed by atoms with Gasteiger partial charge in [-0.2, -0.15) is 0 Å². The zero-order valence-corrected chi connectivity index (χ0v) is 14.0. The SMILES string of the molecule is C=CCCC1(CCC)CN(c2nc3c(cc2C=O)COCC3)C1. The van der Waals surface area contributed by atoms with Crippen LogP contribution in [0.2, 0.25) is 0 Å². The summed E-state index contributed by atoms with van der Waals surface area (Å²) in [6.07, 6.45) is 8.44. The van der Waals surface area contributed by atoms with E-state index in [1.807, 2.05) is 12.1 Å². The molecule has 0 aromatic carbocycles. The van der Waals surface area contributed by atoms with Gasteiger partial charge in [-0.05, 0) is 25.3 Å². The molecular weight excluding hydrogens is 288 g/mol. The third-order valence-corrected chi connectivity index (χ3v) is 5.08. The van der Waals surface area contributed by atoms with Gasteiger partial charge in [0.05, 0.1) is 24.5 Å². The van der Waals surface area contributed by atoms with E-state index >= 15 is 0 Å². The maximum absolute atomic E-state index is 11.5. The molecule has 2 aliphatic rings. The number of pyridine rings is 1. The summed E-state index contributed by atoms with van der Waals surface area (Å²) in [6, 6.07) is 1.97. The van der Waals surface area contributed by atoms with Crippen molar-refractivity contribution in [2.24, 2.45) is 5.41 Å². The maximum atomic E-state index is 11.5. The summed E-state index contributed by atoms with van der Waals surface area (Å²) < 4.78 is 5.47. The summed E-state index contributed by atoms with van der Waals surface area (Å²) in [5, 5.41) is 0. The third-order valence-electron chi connectivity index (χ3n) is 5.08. The Kier molecular flexibility index (Phi) is 4.81. The van der Waals surface area contributed by atoms with Gasteiger partial charge in [0.1, 0.15) is 5.82 Å². The average Bonchev–Trinajstić information content (AvgIpc) is 2.55. The molecule has 23 heavy (non-hydrogen) atoms. The van der Waals surface area contributed by atoms with E-state index in [-0.39, 0.29) is 0 Å². The van der Waals surface area contributed by atoms with Crippen LogP contribution in [0.1, 0.15) is 54.2 Å². The van der Waals surface area contributed by atoms with Crippen molar-refractivity contribution in [2.75, 3.05) is 24.6 Å². The van der Waals surface area contributed by atoms with Crippen LogP contribution in [-0.2, 0) is 17.8 Å². The first kappa shape index (κ1) is 16.2. The number of fused-ring (bicyclic) bond motifs is 1. The zero-order chi connectivity index (χ0) is 16.3. The highest BCUT2D eigenvalue weighted by molar-refractivity contribution is 5.83. The van der Waals surface area contributed by atoms with Crippen molar-refractivity contribution < 1.29 is 9.53 Å². The van der Waals surface area contributed by atoms with Gasteiger partial charge in [-0.15, -0.1) is 6.58 Å². The molecule has 0 spiro atoms. The van der Waals surface area contributed by atoms with E-state index in [1.165, 1.54) is 19.3 Å². The molecular formula is C19H26N2O2. The molecule has 0 radical (unpaired) electrons. The third kappa shape index (κ3) is 3.18. The van der Waals surface area contributed by atoms with Gasteiger partial charge in [-0.25, -0.2) is 4.98 Å². The number of carbonyl (C=O) groups excluding carboxylic acids is 1. The quantitative estimate of drug-likeness (QED) is 0.570. The van der Waals surface area contributed by atoms with Crippen molar-refractivity contribution in [2.45, 2.75) is 45.6 Å². The molecule has 1 fully saturated rings. The lowest BCUT2D eigenvalue weighted by Crippen LogP contribution is -2.57. The van der Waals surface area contributed by atoms with Gasteiger partial charge in [0.2, 0.25) is 0 Å². The Labute approximate surface area is 138 Å². The van der Waals surface area contributed by atoms with Crippen LogP contribution >= 0.6 is 0 Å². The fourth-order valence-corrected chi connectivity index (χ4v) is 3.93. The Bertz CT molecular complexity index is 591. The molecule has 124 valence electrons. The van der Waals surface area contributed by atoms with Crippen molar-refractivity contribution in [1.82, 2.24) is 4.98 Å². The molecule has 4 heteroatoms. The number of allylic oxidation sites excluding steroid dienone is 1. The van der Waals surface area contributed by atoms with Gasteiger partial charge in [0.25, 0.3) is 0 Å². The number of rotatable bonds is 7. The lowest BCUT2D eigenvalue weighted by molar-refractivity contribution is 0.108. The molecule has 2 aliphatic heterocycles. The molecule has 0 bridgehead atoms. The lowest BCUT2D eigenvalue weighted by Gasteiger charge is -2.51. The van der Waals surface area contributed by atoms with Crippen LogP contribution in [0.3, 0.4) is 0 Å². The molecule has 0 unspecified atom stereocenters. The van der Waals surface area contributed by atoms with Crippen LogP contribution in [0.4, 0.5) is 5.82 Å². The first-order valence-electron chi connectivity index (χ1n) is 8.63. The molecule has 3 heterocycles. The number of aromatic nitrogens is 1. The average molecular weight is 314 g/mol. The summed E-state index contributed by atoms with van der Waals surface area (Å²) in [5.74, 6) is 0.867. The van der Waals surface area contributed by atoms with Crippen molar-refractivity contribution >= 4 is 12.1 Å². The standard InChI is InChI=1S/C19H26N2O2/c1-3-5-8-19(7-4-2)13-21(14-19)18-15(11-22)10-16-12-23-9-6-17(16)20-18/h3,10-11H,1,4-9,12-14H2,2H3. The summed E-state index contributed by atoms with van der Waals surface area (Å²) in [5.41, 5.74) is 3.22. The Morgan fingerprint density at radius 3 is 2.96 bits per heavy atom. The topological polar surface area (TPSA) is 42.4 Å². The minimum Gasteiger partial charge on any atom is -0.376 e. The van der Waals surface area contributed by atoms with Gasteiger partial charge in [-0.3, -0.25) is 4.79 Å². The molecule has 0 amide bonds. The van der Waals surface area contributed by atoms with Crippen molar-refractivity contribution in [3.05, 3.63) is 35.5 Å². The Morgan fingerprint density at radius 1 is 1.43 bits per heavy atom. The monoisotopic (exact) mass is 314 g/mol. The maximum Gasteiger partial charge on any atom is 0.153 e. The predicted octanol–water partition coefficient (Wildman–Crippen LogP) is 3.54. The molecule has 0 aliphatic carbocycles. The second-order valence-corrected chi connectivity index (χ2v) is 6.86. The van der Waals surface area contributed by atoms with Crippen molar-refractivity contribution in [1.29, 1.82) is 0 Å². The molecule has 0 atom stereocenters. The Hall–Kier alpha value is -1.68. The van der Waals surface area contributed by atoms with E-state index < -0.39 is 0 Å². The summed E-state index contributed by atoms with van der Waals surface area (Å²) in [7, 11) is 0. The largest absolute Gasteiger partial charge is 0.376 e. The number of hydrogen-bond donors (Lipinski definition) is 0. The van der Waals surface area contributed by atoms with Gasteiger partial charge in [-0.1, -0.05) is 19.4 Å². The minimum absolute atomic E-state index is 0.365. The number of hydrogen-bond acceptors (Lipinski definition) is 4. The predicted molar refractivity (Wildman–Crippen MR) is 92.0 cm³/mol. The minimum atomic E-state index is 0.365. The second kappa shape index (κ2) is 6.83. The summed E-state index contributed by atoms with van der Waals surface area (Å²) in [4.78, 5) is 18.6. The van der Waals surface area contributed by atoms with Crippen LogP contribution in [-0.4, -0.2) is 31.0 Å². The Balaban J connectivity index is 1.80. The number of aldehydes is 1. The van der Waals surface area contributed by atoms with Crippen molar-refractivity contribution in [3.63, 3.8) is 0 Å². The van der Waals surface area contributed by atoms with Gasteiger partial charge in [0.15, 0.2) is 6.29 Å². The van der Waals surface area contributed by atoms with Crippen LogP contribution in [0.15, 0.2) is 18.7 Å². The fraction of sp³-hybridized carbons (Fsp3) is 0.579. The molecule has 1 aromatic heterocycles. The zero-order valence-electron chi connectivity index (χ0n) is 14.0. The molecule has 4 nitrogen and oxygen atoms in total. The van der Waals surface area contributed by atoms with E-state index in [4.69, 9.17) is 9.72 Å². The number of nitrogens with zero attached hydrogens (tertiary/aromatic N) is 2. The van der Waals surface area contributed by atoms with E-state index in [2.05, 4.69) is 18.4 Å².